The number of ether oxygens (including phenoxy) is 1. The number of nitrogens with zero attached hydrogens (tertiary/aromatic N) is 5. The van der Waals surface area contributed by atoms with Crippen molar-refractivity contribution in [3.8, 4) is 22.5 Å². The number of rotatable bonds is 5. The van der Waals surface area contributed by atoms with Gasteiger partial charge in [-0.25, -0.2) is 4.79 Å². The summed E-state index contributed by atoms with van der Waals surface area (Å²) >= 11 is 0. The quantitative estimate of drug-likeness (QED) is 0.549. The topological polar surface area (TPSA) is 96.4 Å². The summed E-state index contributed by atoms with van der Waals surface area (Å²) in [6.45, 7) is 1.94. The summed E-state index contributed by atoms with van der Waals surface area (Å²) in [6, 6.07) is 15.9. The van der Waals surface area contributed by atoms with Gasteiger partial charge in [-0.15, -0.1) is 22.6 Å². The van der Waals surface area contributed by atoms with Gasteiger partial charge in [0.1, 0.15) is 0 Å². The molecule has 9 heteroatoms. The predicted octanol–water partition coefficient (Wildman–Crippen LogP) is 4.38. The number of anilines is 1. The molecule has 2 heterocycles. The van der Waals surface area contributed by atoms with E-state index in [0.29, 0.717) is 11.4 Å². The number of allylic oxidation sites excluding steroid dienone is 2. The standard InChI is InChI=1S/C25H24N6O2.ClH/c1-15-22(25(32)33-3)23(20-9-6-10-21(20)26-15)31(2)17-13-11-16(12-14-17)18-7-4-5-8-19(18)24-27-29-30-28-24;/h4-5,7-9,11-15H,6,10H2,1-3H3,(H,27,28,29,30);1H. The zero-order valence-corrected chi connectivity index (χ0v) is 20.0. The van der Waals surface area contributed by atoms with Crippen LogP contribution in [0.15, 0.2) is 76.4 Å². The Balaban J connectivity index is 0.00000274. The van der Waals surface area contributed by atoms with Crippen molar-refractivity contribution in [3.05, 3.63) is 71.5 Å². The summed E-state index contributed by atoms with van der Waals surface area (Å²) in [5.41, 5.74) is 7.47. The number of fused-ring (bicyclic) bond motifs is 1. The molecular formula is C25H25ClN6O2. The second-order valence-corrected chi connectivity index (χ2v) is 8.05. The smallest absolute Gasteiger partial charge is 0.338 e. The lowest BCUT2D eigenvalue weighted by Crippen LogP contribution is -2.32. The molecule has 0 saturated heterocycles. The van der Waals surface area contributed by atoms with Crippen molar-refractivity contribution < 1.29 is 9.53 Å². The molecule has 1 aliphatic heterocycles. The molecule has 1 N–H and O–H groups in total. The molecule has 1 unspecified atom stereocenters. The highest BCUT2D eigenvalue weighted by molar-refractivity contribution is 6.11. The third kappa shape index (κ3) is 4.01. The van der Waals surface area contributed by atoms with Crippen LogP contribution in [0.5, 0.6) is 0 Å². The maximum absolute atomic E-state index is 12.7. The lowest BCUT2D eigenvalue weighted by molar-refractivity contribution is -0.136. The Kier molecular flexibility index (Phi) is 6.61. The summed E-state index contributed by atoms with van der Waals surface area (Å²) in [6.07, 6.45) is 3.99. The van der Waals surface area contributed by atoms with E-state index in [4.69, 9.17) is 9.73 Å². The van der Waals surface area contributed by atoms with E-state index in [1.54, 1.807) is 0 Å². The van der Waals surface area contributed by atoms with E-state index in [9.17, 15) is 4.79 Å². The molecule has 34 heavy (non-hydrogen) atoms. The van der Waals surface area contributed by atoms with Gasteiger partial charge in [0, 0.05) is 29.6 Å². The third-order valence-corrected chi connectivity index (χ3v) is 6.14. The number of hydrogen-bond donors (Lipinski definition) is 1. The summed E-state index contributed by atoms with van der Waals surface area (Å²) in [7, 11) is 3.40. The maximum Gasteiger partial charge on any atom is 0.338 e. The number of hydrogen-bond acceptors (Lipinski definition) is 7. The van der Waals surface area contributed by atoms with Gasteiger partial charge < -0.3 is 9.64 Å². The van der Waals surface area contributed by atoms with Crippen molar-refractivity contribution >= 4 is 29.8 Å². The van der Waals surface area contributed by atoms with E-state index in [-0.39, 0.29) is 24.4 Å². The highest BCUT2D eigenvalue weighted by atomic mass is 35.5. The van der Waals surface area contributed by atoms with Crippen molar-refractivity contribution in [2.75, 3.05) is 19.1 Å². The van der Waals surface area contributed by atoms with E-state index in [1.165, 1.54) is 7.11 Å². The van der Waals surface area contributed by atoms with Crippen LogP contribution in [-0.2, 0) is 9.53 Å². The van der Waals surface area contributed by atoms with Gasteiger partial charge in [-0.1, -0.05) is 42.5 Å². The summed E-state index contributed by atoms with van der Waals surface area (Å²) < 4.78 is 5.11. The van der Waals surface area contributed by atoms with Crippen molar-refractivity contribution in [2.45, 2.75) is 25.8 Å². The first-order valence-corrected chi connectivity index (χ1v) is 10.9. The van der Waals surface area contributed by atoms with Crippen molar-refractivity contribution in [2.24, 2.45) is 4.99 Å². The monoisotopic (exact) mass is 476 g/mol. The number of H-pyrrole nitrogens is 1. The second-order valence-electron chi connectivity index (χ2n) is 8.05. The number of aromatic amines is 1. The van der Waals surface area contributed by atoms with Crippen LogP contribution in [0, 0.1) is 0 Å². The SMILES string of the molecule is COC(=O)C1=C(N(C)c2ccc(-c3ccccc3-c3nn[nH]n3)cc2)C2=CCCC2=NC1C.Cl. The van der Waals surface area contributed by atoms with Gasteiger partial charge in [-0.3, -0.25) is 4.99 Å². The molecule has 174 valence electrons. The van der Waals surface area contributed by atoms with Crippen molar-refractivity contribution in [1.29, 1.82) is 0 Å². The Morgan fingerprint density at radius 2 is 1.85 bits per heavy atom. The largest absolute Gasteiger partial charge is 0.466 e. The Labute approximate surface area is 203 Å². The summed E-state index contributed by atoms with van der Waals surface area (Å²) in [4.78, 5) is 19.5. The molecule has 0 bridgehead atoms. The number of methoxy groups -OCH3 is 1. The van der Waals surface area contributed by atoms with E-state index in [1.807, 2.05) is 38.2 Å². The number of dihydropyridines is 1. The van der Waals surface area contributed by atoms with Gasteiger partial charge in [-0.05, 0) is 48.2 Å². The molecule has 8 nitrogen and oxygen atoms in total. The van der Waals surface area contributed by atoms with Crippen molar-refractivity contribution in [3.63, 3.8) is 0 Å². The fraction of sp³-hybridized carbons (Fsp3) is 0.240. The molecule has 0 saturated carbocycles. The molecule has 1 aromatic heterocycles. The van der Waals surface area contributed by atoms with E-state index in [0.717, 1.165) is 52.2 Å². The zero-order valence-electron chi connectivity index (χ0n) is 19.1. The van der Waals surface area contributed by atoms with Crippen LogP contribution >= 0.6 is 12.4 Å². The average molecular weight is 477 g/mol. The van der Waals surface area contributed by atoms with Crippen molar-refractivity contribution in [1.82, 2.24) is 20.6 Å². The van der Waals surface area contributed by atoms with Gasteiger partial charge in [0.05, 0.1) is 24.4 Å². The highest BCUT2D eigenvalue weighted by Crippen LogP contribution is 2.37. The molecule has 0 fully saturated rings. The zero-order chi connectivity index (χ0) is 22.9. The highest BCUT2D eigenvalue weighted by Gasteiger charge is 2.34. The number of carbonyl (C=O) groups is 1. The lowest BCUT2D eigenvalue weighted by atomic mass is 9.94. The predicted molar refractivity (Wildman–Crippen MR) is 134 cm³/mol. The number of nitrogens with one attached hydrogen (secondary N) is 1. The van der Waals surface area contributed by atoms with E-state index >= 15 is 0 Å². The molecule has 2 aliphatic rings. The number of esters is 1. The van der Waals surface area contributed by atoms with Crippen LogP contribution in [0.3, 0.4) is 0 Å². The first-order valence-electron chi connectivity index (χ1n) is 10.9. The third-order valence-electron chi connectivity index (χ3n) is 6.14. The minimum Gasteiger partial charge on any atom is -0.466 e. The maximum atomic E-state index is 12.7. The molecule has 5 rings (SSSR count). The van der Waals surface area contributed by atoms with Crippen LogP contribution in [0.4, 0.5) is 5.69 Å². The van der Waals surface area contributed by atoms with Gasteiger partial charge >= 0.3 is 5.97 Å². The fourth-order valence-electron chi connectivity index (χ4n) is 4.55. The van der Waals surface area contributed by atoms with Gasteiger partial charge in [-0.2, -0.15) is 5.21 Å². The van der Waals surface area contributed by atoms with Crippen LogP contribution in [0.1, 0.15) is 19.8 Å². The number of aromatic nitrogens is 4. The first-order chi connectivity index (χ1) is 16.1. The molecule has 0 amide bonds. The Morgan fingerprint density at radius 1 is 1.12 bits per heavy atom. The summed E-state index contributed by atoms with van der Waals surface area (Å²) in [5, 5.41) is 14.4. The number of benzene rings is 2. The second kappa shape index (κ2) is 9.61. The summed E-state index contributed by atoms with van der Waals surface area (Å²) in [5.74, 6) is 0.210. The number of carbonyl (C=O) groups excluding carboxylic acids is 1. The Bertz CT molecular complexity index is 1300. The van der Waals surface area contributed by atoms with Gasteiger partial charge in [0.25, 0.3) is 0 Å². The molecule has 0 spiro atoms. The van der Waals surface area contributed by atoms with Crippen LogP contribution in [0.2, 0.25) is 0 Å². The number of halogens is 1. The molecule has 1 aliphatic carbocycles. The number of tetrazole rings is 1. The lowest BCUT2D eigenvalue weighted by Gasteiger charge is -2.31. The van der Waals surface area contributed by atoms with Gasteiger partial charge in [0.15, 0.2) is 0 Å². The molecule has 3 aromatic rings. The van der Waals surface area contributed by atoms with Crippen LogP contribution < -0.4 is 4.90 Å². The van der Waals surface area contributed by atoms with Crippen LogP contribution in [-0.4, -0.2) is 52.5 Å². The average Bonchev–Trinajstić information content (AvgIpc) is 3.55. The first kappa shape index (κ1) is 23.4. The van der Waals surface area contributed by atoms with Gasteiger partial charge in [0.2, 0.25) is 5.82 Å². The fourth-order valence-corrected chi connectivity index (χ4v) is 4.55. The van der Waals surface area contributed by atoms with E-state index in [2.05, 4.69) is 55.9 Å². The minimum absolute atomic E-state index is 0. The number of aliphatic imine (C=N–C) groups is 1. The van der Waals surface area contributed by atoms with Crippen LogP contribution in [0.25, 0.3) is 22.5 Å². The minimum atomic E-state index is -0.342. The molecule has 1 atom stereocenters. The van der Waals surface area contributed by atoms with E-state index < -0.39 is 0 Å². The normalized spacial score (nSPS) is 16.9. The molecular weight excluding hydrogens is 452 g/mol. The number of likely N-dealkylation sites (N-methyl/N-ethyl adjacent to an activating group) is 1. The molecule has 2 aromatic carbocycles. The molecule has 0 radical (unpaired) electrons. The Hall–Kier alpha value is -3.78. The Morgan fingerprint density at radius 3 is 2.53 bits per heavy atom.